The molecule has 1 aromatic carbocycles. The quantitative estimate of drug-likeness (QED) is 0.743. The first-order valence-corrected chi connectivity index (χ1v) is 5.25. The average molecular weight is 210 g/mol. The van der Waals surface area contributed by atoms with Crippen LogP contribution in [0.25, 0.3) is 5.57 Å². The Balaban J connectivity index is 2.43. The van der Waals surface area contributed by atoms with Gasteiger partial charge in [-0.05, 0) is 54.8 Å². The molecular weight excluding hydrogens is 196 g/mol. The molecule has 0 unspecified atom stereocenters. The molecule has 0 saturated heterocycles. The maximum absolute atomic E-state index is 7.09. The van der Waals surface area contributed by atoms with Crippen LogP contribution in [-0.4, -0.2) is 11.9 Å². The van der Waals surface area contributed by atoms with E-state index in [-0.39, 0.29) is 0 Å². The second-order valence-corrected chi connectivity index (χ2v) is 3.93. The second kappa shape index (κ2) is 4.27. The first-order chi connectivity index (χ1) is 7.70. The van der Waals surface area contributed by atoms with E-state index in [4.69, 9.17) is 5.41 Å². The number of aliphatic imine (C=N–C) groups is 1. The van der Waals surface area contributed by atoms with Crippen LogP contribution in [-0.2, 0) is 0 Å². The monoisotopic (exact) mass is 210 g/mol. The van der Waals surface area contributed by atoms with Crippen molar-refractivity contribution in [1.82, 2.24) is 0 Å². The van der Waals surface area contributed by atoms with Gasteiger partial charge in [0, 0.05) is 18.0 Å². The summed E-state index contributed by atoms with van der Waals surface area (Å²) in [7, 11) is 0. The largest absolute Gasteiger partial charge is 0.309 e. The molecule has 0 fully saturated rings. The van der Waals surface area contributed by atoms with E-state index in [1.165, 1.54) is 11.8 Å². The van der Waals surface area contributed by atoms with Gasteiger partial charge < -0.3 is 5.41 Å². The molecule has 0 spiro atoms. The molecule has 80 valence electrons. The molecule has 0 amide bonds. The van der Waals surface area contributed by atoms with Crippen LogP contribution in [0.1, 0.15) is 23.6 Å². The zero-order valence-electron chi connectivity index (χ0n) is 9.49. The Bertz CT molecular complexity index is 520. The fourth-order valence-corrected chi connectivity index (χ4v) is 1.70. The SMILES string of the molecule is C/C(=C\C=N)c1cc(C)cc(C2=NC=C2)c1. The number of nitrogens with zero attached hydrogens (tertiary/aromatic N) is 1. The minimum atomic E-state index is 1.03. The molecule has 1 aromatic rings. The van der Waals surface area contributed by atoms with Crippen LogP contribution in [0.3, 0.4) is 0 Å². The van der Waals surface area contributed by atoms with E-state index in [2.05, 4.69) is 30.1 Å². The number of rotatable bonds is 3. The molecular formula is C14H14N2. The molecule has 0 bridgehead atoms. The Kier molecular flexibility index (Phi) is 2.82. The molecule has 2 heteroatoms. The molecule has 1 heterocycles. The average Bonchev–Trinajstić information content (AvgIpc) is 2.14. The van der Waals surface area contributed by atoms with Crippen LogP contribution in [0, 0.1) is 12.3 Å². The maximum Gasteiger partial charge on any atom is 0.0717 e. The summed E-state index contributed by atoms with van der Waals surface area (Å²) >= 11 is 0. The molecule has 2 nitrogen and oxygen atoms in total. The standard InChI is InChI=1S/C14H14N2/c1-10-7-12(11(2)3-5-15)9-13(8-10)14-4-6-16-14/h3-9,15H,1-2H3/b11-3+,15-5?. The van der Waals surface area contributed by atoms with Gasteiger partial charge in [-0.15, -0.1) is 0 Å². The van der Waals surface area contributed by atoms with Crippen molar-refractivity contribution in [3.05, 3.63) is 53.2 Å². The normalized spacial score (nSPS) is 14.4. The summed E-state index contributed by atoms with van der Waals surface area (Å²) < 4.78 is 0. The van der Waals surface area contributed by atoms with Crippen molar-refractivity contribution in [1.29, 1.82) is 5.41 Å². The fourth-order valence-electron chi connectivity index (χ4n) is 1.70. The molecule has 0 radical (unpaired) electrons. The van der Waals surface area contributed by atoms with Gasteiger partial charge >= 0.3 is 0 Å². The van der Waals surface area contributed by atoms with E-state index in [1.54, 1.807) is 12.3 Å². The summed E-state index contributed by atoms with van der Waals surface area (Å²) in [5.41, 5.74) is 5.65. The number of aryl methyl sites for hydroxylation is 1. The van der Waals surface area contributed by atoms with E-state index in [9.17, 15) is 0 Å². The number of hydrogen-bond donors (Lipinski definition) is 1. The summed E-state index contributed by atoms with van der Waals surface area (Å²) in [6, 6.07) is 6.37. The predicted octanol–water partition coefficient (Wildman–Crippen LogP) is 3.36. The van der Waals surface area contributed by atoms with Crippen LogP contribution < -0.4 is 0 Å². The molecule has 0 aliphatic carbocycles. The van der Waals surface area contributed by atoms with Crippen LogP contribution in [0.2, 0.25) is 0 Å². The zero-order valence-corrected chi connectivity index (χ0v) is 9.49. The van der Waals surface area contributed by atoms with Crippen molar-refractivity contribution < 1.29 is 0 Å². The van der Waals surface area contributed by atoms with Gasteiger partial charge in [0.15, 0.2) is 0 Å². The maximum atomic E-state index is 7.09. The lowest BCUT2D eigenvalue weighted by molar-refractivity contribution is 1.40. The zero-order chi connectivity index (χ0) is 11.5. The Labute approximate surface area is 95.5 Å². The molecule has 1 aliphatic rings. The van der Waals surface area contributed by atoms with Crippen molar-refractivity contribution in [3.63, 3.8) is 0 Å². The van der Waals surface area contributed by atoms with Crippen molar-refractivity contribution >= 4 is 17.5 Å². The molecule has 0 saturated carbocycles. The molecule has 2 rings (SSSR count). The minimum absolute atomic E-state index is 1.03. The summed E-state index contributed by atoms with van der Waals surface area (Å²) in [5.74, 6) is 0. The van der Waals surface area contributed by atoms with Crippen LogP contribution in [0.5, 0.6) is 0 Å². The third kappa shape index (κ3) is 2.01. The summed E-state index contributed by atoms with van der Waals surface area (Å²) in [5, 5.41) is 7.09. The van der Waals surface area contributed by atoms with Gasteiger partial charge in [0.2, 0.25) is 0 Å². The molecule has 0 atom stereocenters. The number of hydrogen-bond acceptors (Lipinski definition) is 2. The Morgan fingerprint density at radius 2 is 2.06 bits per heavy atom. The van der Waals surface area contributed by atoms with Crippen LogP contribution in [0.15, 0.2) is 41.5 Å². The van der Waals surface area contributed by atoms with Gasteiger partial charge in [0.05, 0.1) is 5.71 Å². The van der Waals surface area contributed by atoms with Gasteiger partial charge in [-0.25, -0.2) is 0 Å². The number of nitrogens with one attached hydrogen (secondary N) is 1. The van der Waals surface area contributed by atoms with Crippen molar-refractivity contribution in [3.8, 4) is 0 Å². The van der Waals surface area contributed by atoms with Gasteiger partial charge in [-0.3, -0.25) is 4.99 Å². The number of benzene rings is 1. The van der Waals surface area contributed by atoms with E-state index < -0.39 is 0 Å². The number of allylic oxidation sites excluding steroid dienone is 3. The lowest BCUT2D eigenvalue weighted by Gasteiger charge is -2.10. The highest BCUT2D eigenvalue weighted by molar-refractivity contribution is 6.12. The van der Waals surface area contributed by atoms with Gasteiger partial charge in [0.1, 0.15) is 0 Å². The van der Waals surface area contributed by atoms with E-state index in [0.717, 1.165) is 22.4 Å². The highest BCUT2D eigenvalue weighted by atomic mass is 14.7. The summed E-state index contributed by atoms with van der Waals surface area (Å²) in [6.45, 7) is 4.09. The topological polar surface area (TPSA) is 36.2 Å². The molecule has 16 heavy (non-hydrogen) atoms. The Morgan fingerprint density at radius 3 is 2.62 bits per heavy atom. The highest BCUT2D eigenvalue weighted by Gasteiger charge is 2.07. The summed E-state index contributed by atoms with van der Waals surface area (Å²) in [4.78, 5) is 4.20. The van der Waals surface area contributed by atoms with Crippen LogP contribution >= 0.6 is 0 Å². The van der Waals surface area contributed by atoms with E-state index >= 15 is 0 Å². The smallest absolute Gasteiger partial charge is 0.0717 e. The van der Waals surface area contributed by atoms with Crippen molar-refractivity contribution in [2.24, 2.45) is 4.99 Å². The third-order valence-corrected chi connectivity index (χ3v) is 2.61. The highest BCUT2D eigenvalue weighted by Crippen LogP contribution is 2.20. The second-order valence-electron chi connectivity index (χ2n) is 3.93. The minimum Gasteiger partial charge on any atom is -0.309 e. The van der Waals surface area contributed by atoms with Crippen molar-refractivity contribution in [2.45, 2.75) is 13.8 Å². The van der Waals surface area contributed by atoms with E-state index in [0.29, 0.717) is 0 Å². The Morgan fingerprint density at radius 1 is 1.31 bits per heavy atom. The van der Waals surface area contributed by atoms with Gasteiger partial charge in [-0.1, -0.05) is 6.07 Å². The van der Waals surface area contributed by atoms with Gasteiger partial charge in [0.25, 0.3) is 0 Å². The first-order valence-electron chi connectivity index (χ1n) is 5.25. The Hall–Kier alpha value is -1.96. The van der Waals surface area contributed by atoms with Crippen molar-refractivity contribution in [2.75, 3.05) is 0 Å². The van der Waals surface area contributed by atoms with E-state index in [1.807, 2.05) is 13.0 Å². The lowest BCUT2D eigenvalue weighted by atomic mass is 9.98. The lowest BCUT2D eigenvalue weighted by Crippen LogP contribution is -2.02. The summed E-state index contributed by atoms with van der Waals surface area (Å²) in [6.07, 6.45) is 6.93. The van der Waals surface area contributed by atoms with Crippen LogP contribution in [0.4, 0.5) is 0 Å². The predicted molar refractivity (Wildman–Crippen MR) is 69.3 cm³/mol. The first kappa shape index (κ1) is 10.6. The molecule has 1 aliphatic heterocycles. The molecule has 0 aromatic heterocycles. The van der Waals surface area contributed by atoms with Gasteiger partial charge in [-0.2, -0.15) is 0 Å². The fraction of sp³-hybridized carbons (Fsp3) is 0.143. The third-order valence-electron chi connectivity index (χ3n) is 2.61. The molecule has 1 N–H and O–H groups in total.